The molecule has 1 aliphatic heterocycles. The van der Waals surface area contributed by atoms with E-state index < -0.39 is 0 Å². The Morgan fingerprint density at radius 2 is 1.72 bits per heavy atom. The molecule has 0 aromatic rings. The van der Waals surface area contributed by atoms with Gasteiger partial charge in [-0.25, -0.2) is 0 Å². The van der Waals surface area contributed by atoms with Gasteiger partial charge in [-0.3, -0.25) is 4.90 Å². The highest BCUT2D eigenvalue weighted by molar-refractivity contribution is 4.88. The van der Waals surface area contributed by atoms with Crippen molar-refractivity contribution in [2.24, 2.45) is 17.8 Å². The van der Waals surface area contributed by atoms with Crippen molar-refractivity contribution in [2.75, 3.05) is 19.6 Å². The van der Waals surface area contributed by atoms with Gasteiger partial charge in [0.1, 0.15) is 0 Å². The summed E-state index contributed by atoms with van der Waals surface area (Å²) in [7, 11) is 0. The molecule has 0 radical (unpaired) electrons. The van der Waals surface area contributed by atoms with Crippen LogP contribution in [0.1, 0.15) is 54.4 Å². The van der Waals surface area contributed by atoms with Crippen LogP contribution < -0.4 is 5.32 Å². The first kappa shape index (κ1) is 16.0. The standard InChI is InChI=1S/C16H34N2/c1-12(2)7-8-18-11-15(9-13(3)4)17-10-16(18)14(5)6/h12-17H,7-11H2,1-6H3. The molecule has 108 valence electrons. The van der Waals surface area contributed by atoms with Crippen molar-refractivity contribution in [2.45, 2.75) is 66.5 Å². The second-order valence-electron chi connectivity index (χ2n) is 7.22. The van der Waals surface area contributed by atoms with Gasteiger partial charge in [-0.2, -0.15) is 0 Å². The fraction of sp³-hybridized carbons (Fsp3) is 1.00. The Kier molecular flexibility index (Phi) is 6.65. The monoisotopic (exact) mass is 254 g/mol. The van der Waals surface area contributed by atoms with Gasteiger partial charge in [0.25, 0.3) is 0 Å². The van der Waals surface area contributed by atoms with Crippen molar-refractivity contribution >= 4 is 0 Å². The van der Waals surface area contributed by atoms with E-state index in [9.17, 15) is 0 Å². The predicted octanol–water partition coefficient (Wildman–Crippen LogP) is 3.38. The van der Waals surface area contributed by atoms with Crippen molar-refractivity contribution < 1.29 is 0 Å². The highest BCUT2D eigenvalue weighted by Gasteiger charge is 2.29. The smallest absolute Gasteiger partial charge is 0.0244 e. The molecule has 0 spiro atoms. The van der Waals surface area contributed by atoms with E-state index in [-0.39, 0.29) is 0 Å². The minimum absolute atomic E-state index is 0.701. The van der Waals surface area contributed by atoms with Gasteiger partial charge < -0.3 is 5.32 Å². The molecule has 1 rings (SSSR count). The van der Waals surface area contributed by atoms with Crippen LogP contribution in [0.4, 0.5) is 0 Å². The third-order valence-electron chi connectivity index (χ3n) is 4.06. The van der Waals surface area contributed by atoms with Crippen LogP contribution in [-0.2, 0) is 0 Å². The minimum Gasteiger partial charge on any atom is -0.311 e. The highest BCUT2D eigenvalue weighted by atomic mass is 15.2. The average molecular weight is 254 g/mol. The summed E-state index contributed by atoms with van der Waals surface area (Å²) in [4.78, 5) is 2.74. The molecule has 1 aliphatic rings. The van der Waals surface area contributed by atoms with Crippen molar-refractivity contribution in [1.29, 1.82) is 0 Å². The van der Waals surface area contributed by atoms with E-state index in [0.29, 0.717) is 6.04 Å². The van der Waals surface area contributed by atoms with Crippen LogP contribution in [0, 0.1) is 17.8 Å². The maximum absolute atomic E-state index is 3.76. The number of nitrogens with zero attached hydrogens (tertiary/aromatic N) is 1. The van der Waals surface area contributed by atoms with E-state index in [1.54, 1.807) is 0 Å². The molecule has 1 fully saturated rings. The van der Waals surface area contributed by atoms with E-state index in [4.69, 9.17) is 0 Å². The Hall–Kier alpha value is -0.0800. The molecule has 2 atom stereocenters. The summed E-state index contributed by atoms with van der Waals surface area (Å²) in [6.45, 7) is 17.7. The van der Waals surface area contributed by atoms with E-state index in [0.717, 1.165) is 23.8 Å². The lowest BCUT2D eigenvalue weighted by molar-refractivity contribution is 0.0875. The molecule has 1 saturated heterocycles. The first-order valence-electron chi connectivity index (χ1n) is 7.87. The molecule has 2 unspecified atom stereocenters. The Morgan fingerprint density at radius 1 is 1.06 bits per heavy atom. The van der Waals surface area contributed by atoms with Crippen molar-refractivity contribution in [1.82, 2.24) is 10.2 Å². The molecule has 0 aromatic carbocycles. The average Bonchev–Trinajstić information content (AvgIpc) is 2.25. The number of nitrogens with one attached hydrogen (secondary N) is 1. The molecule has 2 heteroatoms. The number of rotatable bonds is 6. The highest BCUT2D eigenvalue weighted by Crippen LogP contribution is 2.19. The molecule has 0 amide bonds. The topological polar surface area (TPSA) is 15.3 Å². The maximum atomic E-state index is 3.76. The summed E-state index contributed by atoms with van der Waals surface area (Å²) in [5, 5.41) is 3.76. The fourth-order valence-electron chi connectivity index (χ4n) is 2.96. The molecule has 0 saturated carbocycles. The van der Waals surface area contributed by atoms with Crippen molar-refractivity contribution in [3.8, 4) is 0 Å². The normalized spacial score (nSPS) is 26.5. The molecule has 0 bridgehead atoms. The van der Waals surface area contributed by atoms with Crippen molar-refractivity contribution in [3.05, 3.63) is 0 Å². The molecular formula is C16H34N2. The van der Waals surface area contributed by atoms with Gasteiger partial charge in [0.2, 0.25) is 0 Å². The van der Waals surface area contributed by atoms with Gasteiger partial charge in [0.05, 0.1) is 0 Å². The third kappa shape index (κ3) is 5.27. The van der Waals surface area contributed by atoms with E-state index in [1.807, 2.05) is 0 Å². The molecule has 2 nitrogen and oxygen atoms in total. The summed E-state index contributed by atoms with van der Waals surface area (Å²) in [5.74, 6) is 2.37. The van der Waals surface area contributed by atoms with Crippen LogP contribution in [0.25, 0.3) is 0 Å². The van der Waals surface area contributed by atoms with Gasteiger partial charge in [-0.15, -0.1) is 0 Å². The molecule has 1 heterocycles. The van der Waals surface area contributed by atoms with Crippen LogP contribution in [-0.4, -0.2) is 36.6 Å². The summed E-state index contributed by atoms with van der Waals surface area (Å²) in [5.41, 5.74) is 0. The predicted molar refractivity (Wildman–Crippen MR) is 80.9 cm³/mol. The maximum Gasteiger partial charge on any atom is 0.0244 e. The van der Waals surface area contributed by atoms with E-state index in [2.05, 4.69) is 51.8 Å². The largest absolute Gasteiger partial charge is 0.311 e. The second-order valence-corrected chi connectivity index (χ2v) is 7.22. The minimum atomic E-state index is 0.701. The Labute approximate surface area is 115 Å². The van der Waals surface area contributed by atoms with Crippen LogP contribution in [0.15, 0.2) is 0 Å². The Bertz CT molecular complexity index is 223. The number of hydrogen-bond donors (Lipinski definition) is 1. The first-order valence-corrected chi connectivity index (χ1v) is 7.87. The van der Waals surface area contributed by atoms with Gasteiger partial charge in [0, 0.05) is 25.2 Å². The first-order chi connectivity index (χ1) is 8.40. The lowest BCUT2D eigenvalue weighted by Crippen LogP contribution is -2.58. The molecule has 18 heavy (non-hydrogen) atoms. The van der Waals surface area contributed by atoms with Crippen LogP contribution in [0.3, 0.4) is 0 Å². The summed E-state index contributed by atoms with van der Waals surface area (Å²) < 4.78 is 0. The SMILES string of the molecule is CC(C)CCN1CC(CC(C)C)NCC1C(C)C. The summed E-state index contributed by atoms with van der Waals surface area (Å²) in [6.07, 6.45) is 2.64. The lowest BCUT2D eigenvalue weighted by atomic mass is 9.94. The van der Waals surface area contributed by atoms with E-state index >= 15 is 0 Å². The van der Waals surface area contributed by atoms with Crippen LogP contribution in [0.2, 0.25) is 0 Å². The lowest BCUT2D eigenvalue weighted by Gasteiger charge is -2.43. The second kappa shape index (κ2) is 7.49. The van der Waals surface area contributed by atoms with Gasteiger partial charge in [0.15, 0.2) is 0 Å². The summed E-state index contributed by atoms with van der Waals surface area (Å²) in [6, 6.07) is 1.43. The van der Waals surface area contributed by atoms with E-state index in [1.165, 1.54) is 32.5 Å². The van der Waals surface area contributed by atoms with Crippen LogP contribution >= 0.6 is 0 Å². The fourth-order valence-corrected chi connectivity index (χ4v) is 2.96. The zero-order valence-electron chi connectivity index (χ0n) is 13.4. The quantitative estimate of drug-likeness (QED) is 0.782. The molecular weight excluding hydrogens is 220 g/mol. The van der Waals surface area contributed by atoms with Crippen molar-refractivity contribution in [3.63, 3.8) is 0 Å². The zero-order chi connectivity index (χ0) is 13.7. The van der Waals surface area contributed by atoms with Gasteiger partial charge in [-0.1, -0.05) is 41.5 Å². The molecule has 0 aromatic heterocycles. The molecule has 0 aliphatic carbocycles. The summed E-state index contributed by atoms with van der Waals surface area (Å²) >= 11 is 0. The number of hydrogen-bond acceptors (Lipinski definition) is 2. The van der Waals surface area contributed by atoms with Gasteiger partial charge >= 0.3 is 0 Å². The molecule has 1 N–H and O–H groups in total. The number of piperazine rings is 1. The van der Waals surface area contributed by atoms with Gasteiger partial charge in [-0.05, 0) is 37.1 Å². The third-order valence-corrected chi connectivity index (χ3v) is 4.06. The zero-order valence-corrected chi connectivity index (χ0v) is 13.4. The Morgan fingerprint density at radius 3 is 2.22 bits per heavy atom. The Balaban J connectivity index is 2.52. The van der Waals surface area contributed by atoms with Crippen LogP contribution in [0.5, 0.6) is 0 Å².